The van der Waals surface area contributed by atoms with E-state index in [1.807, 2.05) is 13.8 Å². The molecule has 0 radical (unpaired) electrons. The summed E-state index contributed by atoms with van der Waals surface area (Å²) >= 11 is 0. The fourth-order valence-electron chi connectivity index (χ4n) is 1.49. The molecular weight excluding hydrogens is 176 g/mol. The van der Waals surface area contributed by atoms with Gasteiger partial charge in [-0.15, -0.1) is 0 Å². The number of likely N-dealkylation sites (N-methyl/N-ethyl adjacent to an activating group) is 1. The molecule has 0 saturated carbocycles. The van der Waals surface area contributed by atoms with Gasteiger partial charge in [0.1, 0.15) is 11.4 Å². The van der Waals surface area contributed by atoms with Crippen LogP contribution in [0.2, 0.25) is 0 Å². The number of hydrogen-bond donors (Lipinski definition) is 1. The first-order chi connectivity index (χ1) is 6.47. The molecule has 0 aliphatic carbocycles. The smallest absolute Gasteiger partial charge is 0.124 e. The van der Waals surface area contributed by atoms with Gasteiger partial charge in [0.05, 0.1) is 0 Å². The van der Waals surface area contributed by atoms with Gasteiger partial charge in [-0.3, -0.25) is 10.4 Å². The second-order valence-corrected chi connectivity index (χ2v) is 4.36. The zero-order chi connectivity index (χ0) is 10.8. The Morgan fingerprint density at radius 1 is 1.29 bits per heavy atom. The van der Waals surface area contributed by atoms with Crippen molar-refractivity contribution in [1.82, 2.24) is 9.80 Å². The van der Waals surface area contributed by atoms with Gasteiger partial charge >= 0.3 is 0 Å². The van der Waals surface area contributed by atoms with Gasteiger partial charge in [-0.1, -0.05) is 0 Å². The average molecular weight is 196 g/mol. The van der Waals surface area contributed by atoms with Crippen LogP contribution >= 0.6 is 0 Å². The van der Waals surface area contributed by atoms with Gasteiger partial charge in [-0.05, 0) is 27.6 Å². The van der Waals surface area contributed by atoms with Crippen molar-refractivity contribution in [2.24, 2.45) is 4.99 Å². The molecule has 1 aliphatic rings. The molecular formula is C10H20N4. The number of amidine groups is 1. The predicted molar refractivity (Wildman–Crippen MR) is 60.4 cm³/mol. The van der Waals surface area contributed by atoms with Crippen molar-refractivity contribution >= 4 is 12.6 Å². The van der Waals surface area contributed by atoms with Crippen molar-refractivity contribution in [3.63, 3.8) is 0 Å². The third-order valence-electron chi connectivity index (χ3n) is 2.79. The molecule has 1 rings (SSSR count). The van der Waals surface area contributed by atoms with Crippen LogP contribution in [0.5, 0.6) is 0 Å². The highest BCUT2D eigenvalue weighted by Crippen LogP contribution is 2.14. The van der Waals surface area contributed by atoms with Crippen molar-refractivity contribution in [2.75, 3.05) is 33.2 Å². The van der Waals surface area contributed by atoms with E-state index < -0.39 is 5.54 Å². The largest absolute Gasteiger partial charge is 0.356 e. The number of rotatable bonds is 2. The first-order valence-electron chi connectivity index (χ1n) is 4.98. The van der Waals surface area contributed by atoms with Crippen LogP contribution in [0.1, 0.15) is 13.8 Å². The van der Waals surface area contributed by atoms with Gasteiger partial charge in [-0.25, -0.2) is 0 Å². The summed E-state index contributed by atoms with van der Waals surface area (Å²) in [6.45, 7) is 11.3. The number of aliphatic imine (C=N–C) groups is 1. The van der Waals surface area contributed by atoms with Crippen molar-refractivity contribution in [3.8, 4) is 0 Å². The third-order valence-corrected chi connectivity index (χ3v) is 2.79. The number of nitrogens with one attached hydrogen (secondary N) is 1. The summed E-state index contributed by atoms with van der Waals surface area (Å²) in [5.41, 5.74) is -0.449. The molecule has 14 heavy (non-hydrogen) atoms. The summed E-state index contributed by atoms with van der Waals surface area (Å²) in [6.07, 6.45) is 0. The van der Waals surface area contributed by atoms with Crippen molar-refractivity contribution in [1.29, 1.82) is 5.41 Å². The Labute approximate surface area is 86.1 Å². The number of piperazine rings is 1. The minimum Gasteiger partial charge on any atom is -0.356 e. The van der Waals surface area contributed by atoms with Gasteiger partial charge < -0.3 is 9.80 Å². The average Bonchev–Trinajstić information content (AvgIpc) is 2.18. The predicted octanol–water partition coefficient (Wildman–Crippen LogP) is 0.690. The Morgan fingerprint density at radius 3 is 2.21 bits per heavy atom. The molecule has 1 N–H and O–H groups in total. The maximum Gasteiger partial charge on any atom is 0.124 e. The molecule has 0 spiro atoms. The molecule has 4 nitrogen and oxygen atoms in total. The Bertz CT molecular complexity index is 226. The Morgan fingerprint density at radius 2 is 1.79 bits per heavy atom. The Balaban J connectivity index is 2.58. The summed E-state index contributed by atoms with van der Waals surface area (Å²) in [5.74, 6) is 0.584. The first-order valence-corrected chi connectivity index (χ1v) is 4.98. The summed E-state index contributed by atoms with van der Waals surface area (Å²) in [7, 11) is 2.11. The summed E-state index contributed by atoms with van der Waals surface area (Å²) in [5, 5.41) is 8.03. The van der Waals surface area contributed by atoms with Crippen LogP contribution in [0.4, 0.5) is 0 Å². The standard InChI is InChI=1S/C10H20N4/c1-10(2,12-3)9(11)14-7-5-13(4)6-8-14/h11H,3,5-8H2,1-2,4H3. The first kappa shape index (κ1) is 11.2. The zero-order valence-corrected chi connectivity index (χ0v) is 9.38. The normalized spacial score (nSPS) is 19.5. The highest BCUT2D eigenvalue weighted by atomic mass is 15.3. The molecule has 0 aromatic rings. The molecule has 0 aromatic heterocycles. The Hall–Kier alpha value is -0.900. The lowest BCUT2D eigenvalue weighted by molar-refractivity contribution is 0.208. The fourth-order valence-corrected chi connectivity index (χ4v) is 1.49. The van der Waals surface area contributed by atoms with Gasteiger partial charge in [-0.2, -0.15) is 0 Å². The molecule has 4 heteroatoms. The molecule has 80 valence electrons. The van der Waals surface area contributed by atoms with Crippen LogP contribution in [0.15, 0.2) is 4.99 Å². The zero-order valence-electron chi connectivity index (χ0n) is 9.38. The van der Waals surface area contributed by atoms with Crippen LogP contribution in [0.25, 0.3) is 0 Å². The Kier molecular flexibility index (Phi) is 3.26. The summed E-state index contributed by atoms with van der Waals surface area (Å²) in [6, 6.07) is 0. The summed E-state index contributed by atoms with van der Waals surface area (Å²) < 4.78 is 0. The highest BCUT2D eigenvalue weighted by Gasteiger charge is 2.28. The van der Waals surface area contributed by atoms with E-state index in [1.54, 1.807) is 0 Å². The maximum absolute atomic E-state index is 8.03. The van der Waals surface area contributed by atoms with Crippen molar-refractivity contribution in [2.45, 2.75) is 19.4 Å². The molecule has 0 amide bonds. The van der Waals surface area contributed by atoms with Gasteiger partial charge in [0.25, 0.3) is 0 Å². The van der Waals surface area contributed by atoms with Crippen LogP contribution in [-0.2, 0) is 0 Å². The third kappa shape index (κ3) is 2.32. The molecule has 0 atom stereocenters. The van der Waals surface area contributed by atoms with E-state index in [0.29, 0.717) is 5.84 Å². The van der Waals surface area contributed by atoms with Gasteiger partial charge in [0.15, 0.2) is 0 Å². The lowest BCUT2D eigenvalue weighted by Crippen LogP contribution is -2.52. The van der Waals surface area contributed by atoms with E-state index in [4.69, 9.17) is 5.41 Å². The van der Waals surface area contributed by atoms with E-state index in [2.05, 4.69) is 28.6 Å². The number of hydrogen-bond acceptors (Lipinski definition) is 3. The molecule has 0 bridgehead atoms. The maximum atomic E-state index is 8.03. The van der Waals surface area contributed by atoms with Gasteiger partial charge in [0, 0.05) is 26.2 Å². The van der Waals surface area contributed by atoms with E-state index in [9.17, 15) is 0 Å². The monoisotopic (exact) mass is 196 g/mol. The van der Waals surface area contributed by atoms with Crippen LogP contribution in [0.3, 0.4) is 0 Å². The van der Waals surface area contributed by atoms with Crippen molar-refractivity contribution < 1.29 is 0 Å². The quantitative estimate of drug-likeness (QED) is 0.521. The minimum absolute atomic E-state index is 0.449. The van der Waals surface area contributed by atoms with E-state index >= 15 is 0 Å². The summed E-state index contributed by atoms with van der Waals surface area (Å²) in [4.78, 5) is 8.35. The topological polar surface area (TPSA) is 42.7 Å². The molecule has 0 unspecified atom stereocenters. The van der Waals surface area contributed by atoms with E-state index in [-0.39, 0.29) is 0 Å². The van der Waals surface area contributed by atoms with E-state index in [1.165, 1.54) is 0 Å². The molecule has 1 heterocycles. The fraction of sp³-hybridized carbons (Fsp3) is 0.800. The lowest BCUT2D eigenvalue weighted by atomic mass is 10.0. The SMILES string of the molecule is C=NC(C)(C)C(=N)N1CCN(C)CC1. The lowest BCUT2D eigenvalue weighted by Gasteiger charge is -2.38. The second-order valence-electron chi connectivity index (χ2n) is 4.36. The van der Waals surface area contributed by atoms with Crippen LogP contribution < -0.4 is 0 Å². The molecule has 1 saturated heterocycles. The second kappa shape index (κ2) is 4.09. The van der Waals surface area contributed by atoms with Crippen LogP contribution in [-0.4, -0.2) is 61.1 Å². The number of nitrogens with zero attached hydrogens (tertiary/aromatic N) is 3. The molecule has 0 aromatic carbocycles. The minimum atomic E-state index is -0.449. The van der Waals surface area contributed by atoms with Crippen molar-refractivity contribution in [3.05, 3.63) is 0 Å². The molecule has 1 aliphatic heterocycles. The van der Waals surface area contributed by atoms with Gasteiger partial charge in [0.2, 0.25) is 0 Å². The molecule has 1 fully saturated rings. The van der Waals surface area contributed by atoms with E-state index in [0.717, 1.165) is 26.2 Å². The van der Waals surface area contributed by atoms with Crippen LogP contribution in [0, 0.1) is 5.41 Å². The highest BCUT2D eigenvalue weighted by molar-refractivity contribution is 5.88.